The molecule has 29 heavy (non-hydrogen) atoms. The molecule has 1 aliphatic heterocycles. The van der Waals surface area contributed by atoms with E-state index in [2.05, 4.69) is 36.4 Å². The van der Waals surface area contributed by atoms with Crippen molar-refractivity contribution in [2.24, 2.45) is 5.92 Å². The number of aromatic nitrogens is 2. The van der Waals surface area contributed by atoms with Gasteiger partial charge in [0.05, 0.1) is 12.2 Å². The summed E-state index contributed by atoms with van der Waals surface area (Å²) in [5, 5.41) is 0. The van der Waals surface area contributed by atoms with Gasteiger partial charge in [-0.1, -0.05) is 66.8 Å². The maximum atomic E-state index is 13.1. The van der Waals surface area contributed by atoms with Crippen LogP contribution in [0.2, 0.25) is 0 Å². The number of benzene rings is 1. The van der Waals surface area contributed by atoms with E-state index < -0.39 is 17.5 Å². The van der Waals surface area contributed by atoms with Crippen molar-refractivity contribution in [1.82, 2.24) is 9.13 Å². The monoisotopic (exact) mass is 514 g/mol. The molecule has 0 amide bonds. The lowest BCUT2D eigenvalue weighted by Gasteiger charge is -2.30. The number of ether oxygens (including phenoxy) is 3. The Morgan fingerprint density at radius 2 is 1.93 bits per heavy atom. The second kappa shape index (κ2) is 9.55. The Kier molecular flexibility index (Phi) is 7.31. The molecular formula is C21H27IN2O5. The maximum absolute atomic E-state index is 13.1. The van der Waals surface area contributed by atoms with Crippen LogP contribution in [0.4, 0.5) is 0 Å². The summed E-state index contributed by atoms with van der Waals surface area (Å²) in [6.07, 6.45) is 1.40. The Hall–Kier alpha value is -1.49. The standard InChI is InChI=1S/C21H27IN2O5/c1-4-21(13-22)15(2)18(27-3)19(29-21)23-11-10-17(25)24(20(23)26)14-28-12-16-8-6-5-7-9-16/h5-11,15,18-19H,4,12-14H2,1-3H3/t15-,18+,19+,21-/m0/s1. The van der Waals surface area contributed by atoms with E-state index in [0.717, 1.165) is 21.0 Å². The van der Waals surface area contributed by atoms with Crippen molar-refractivity contribution in [3.05, 3.63) is 69.0 Å². The third-order valence-corrected chi connectivity index (χ3v) is 7.05. The van der Waals surface area contributed by atoms with E-state index >= 15 is 0 Å². The zero-order valence-electron chi connectivity index (χ0n) is 16.9. The van der Waals surface area contributed by atoms with E-state index in [1.54, 1.807) is 7.11 Å². The fourth-order valence-corrected chi connectivity index (χ4v) is 5.24. The molecule has 0 bridgehead atoms. The molecule has 8 heteroatoms. The van der Waals surface area contributed by atoms with Gasteiger partial charge in [-0.25, -0.2) is 9.36 Å². The topological polar surface area (TPSA) is 71.7 Å². The smallest absolute Gasteiger partial charge is 0.335 e. The second-order valence-corrected chi connectivity index (χ2v) is 8.05. The van der Waals surface area contributed by atoms with Gasteiger partial charge in [-0.2, -0.15) is 0 Å². The van der Waals surface area contributed by atoms with E-state index in [-0.39, 0.29) is 24.4 Å². The second-order valence-electron chi connectivity index (χ2n) is 7.28. The molecule has 158 valence electrons. The number of alkyl halides is 1. The molecule has 0 saturated carbocycles. The summed E-state index contributed by atoms with van der Waals surface area (Å²) < 4.78 is 21.0. The summed E-state index contributed by atoms with van der Waals surface area (Å²) in [6, 6.07) is 11.0. The number of hydrogen-bond acceptors (Lipinski definition) is 5. The zero-order chi connectivity index (χ0) is 21.0. The fraction of sp³-hybridized carbons (Fsp3) is 0.524. The summed E-state index contributed by atoms with van der Waals surface area (Å²) in [5.41, 5.74) is -0.282. The molecule has 1 saturated heterocycles. The number of methoxy groups -OCH3 is 1. The minimum absolute atomic E-state index is 0.0982. The van der Waals surface area contributed by atoms with Crippen molar-refractivity contribution in [1.29, 1.82) is 0 Å². The van der Waals surface area contributed by atoms with Crippen molar-refractivity contribution in [2.75, 3.05) is 11.5 Å². The summed E-state index contributed by atoms with van der Waals surface area (Å²) in [4.78, 5) is 25.4. The Morgan fingerprint density at radius 3 is 2.55 bits per heavy atom. The predicted molar refractivity (Wildman–Crippen MR) is 118 cm³/mol. The van der Waals surface area contributed by atoms with Crippen LogP contribution in [0.1, 0.15) is 32.1 Å². The van der Waals surface area contributed by atoms with Crippen molar-refractivity contribution in [3.63, 3.8) is 0 Å². The van der Waals surface area contributed by atoms with Crippen LogP contribution in [0.5, 0.6) is 0 Å². The third kappa shape index (κ3) is 4.35. The molecule has 0 aliphatic carbocycles. The minimum atomic E-state index is -0.599. The largest absolute Gasteiger partial charge is 0.376 e. The highest BCUT2D eigenvalue weighted by molar-refractivity contribution is 14.1. The van der Waals surface area contributed by atoms with Crippen LogP contribution in [0.15, 0.2) is 52.2 Å². The Balaban J connectivity index is 1.86. The molecule has 0 radical (unpaired) electrons. The Bertz CT molecular complexity index is 923. The highest BCUT2D eigenvalue weighted by Gasteiger charge is 2.52. The molecule has 3 rings (SSSR count). The van der Waals surface area contributed by atoms with Crippen molar-refractivity contribution in [2.45, 2.75) is 51.5 Å². The average Bonchev–Trinajstić information content (AvgIpc) is 3.03. The minimum Gasteiger partial charge on any atom is -0.376 e. The molecule has 1 aromatic heterocycles. The first-order valence-corrected chi connectivity index (χ1v) is 11.2. The van der Waals surface area contributed by atoms with Crippen molar-refractivity contribution < 1.29 is 14.2 Å². The average molecular weight is 514 g/mol. The fourth-order valence-electron chi connectivity index (χ4n) is 3.82. The molecule has 0 spiro atoms. The highest BCUT2D eigenvalue weighted by atomic mass is 127. The Morgan fingerprint density at radius 1 is 1.21 bits per heavy atom. The molecule has 2 heterocycles. The van der Waals surface area contributed by atoms with Crippen LogP contribution in [-0.2, 0) is 27.5 Å². The number of halogens is 1. The van der Waals surface area contributed by atoms with Gasteiger partial charge < -0.3 is 14.2 Å². The maximum Gasteiger partial charge on any atom is 0.335 e. The molecular weight excluding hydrogens is 487 g/mol. The number of hydrogen-bond donors (Lipinski definition) is 0. The van der Waals surface area contributed by atoms with E-state index in [4.69, 9.17) is 14.2 Å². The molecule has 2 aromatic rings. The van der Waals surface area contributed by atoms with Gasteiger partial charge >= 0.3 is 5.69 Å². The van der Waals surface area contributed by atoms with Crippen LogP contribution < -0.4 is 11.2 Å². The van der Waals surface area contributed by atoms with Crippen LogP contribution in [-0.4, -0.2) is 32.4 Å². The van der Waals surface area contributed by atoms with E-state index in [9.17, 15) is 9.59 Å². The summed E-state index contributed by atoms with van der Waals surface area (Å²) >= 11 is 2.31. The first-order chi connectivity index (χ1) is 14.0. The lowest BCUT2D eigenvalue weighted by Crippen LogP contribution is -2.43. The van der Waals surface area contributed by atoms with Gasteiger partial charge in [-0.05, 0) is 12.0 Å². The quantitative estimate of drug-likeness (QED) is 0.400. The predicted octanol–water partition coefficient (Wildman–Crippen LogP) is 2.95. The van der Waals surface area contributed by atoms with E-state index in [1.807, 2.05) is 30.3 Å². The summed E-state index contributed by atoms with van der Waals surface area (Å²) in [5.74, 6) is 0.0982. The highest BCUT2D eigenvalue weighted by Crippen LogP contribution is 2.45. The third-order valence-electron chi connectivity index (χ3n) is 5.76. The van der Waals surface area contributed by atoms with Gasteiger partial charge in [0, 0.05) is 29.7 Å². The van der Waals surface area contributed by atoms with E-state index in [0.29, 0.717) is 6.61 Å². The van der Waals surface area contributed by atoms with Crippen LogP contribution in [0, 0.1) is 5.92 Å². The SMILES string of the molecule is CC[C@@]1(CI)O[C@@H](n2ccc(=O)n(COCc3ccccc3)c2=O)[C@H](OC)[C@@H]1C. The molecule has 0 N–H and O–H groups in total. The van der Waals surface area contributed by atoms with Crippen LogP contribution >= 0.6 is 22.6 Å². The number of nitrogens with zero attached hydrogens (tertiary/aromatic N) is 2. The number of rotatable bonds is 8. The normalized spacial score (nSPS) is 26.7. The molecule has 7 nitrogen and oxygen atoms in total. The van der Waals surface area contributed by atoms with Gasteiger partial charge in [0.25, 0.3) is 5.56 Å². The molecule has 4 atom stereocenters. The molecule has 1 aliphatic rings. The van der Waals surface area contributed by atoms with E-state index in [1.165, 1.54) is 16.8 Å². The first kappa shape index (κ1) is 22.2. The summed E-state index contributed by atoms with van der Waals surface area (Å²) in [6.45, 7) is 4.34. The zero-order valence-corrected chi connectivity index (χ0v) is 19.1. The molecule has 0 unspecified atom stereocenters. The van der Waals surface area contributed by atoms with Gasteiger partial charge in [0.15, 0.2) is 6.23 Å². The lowest BCUT2D eigenvalue weighted by atomic mass is 9.86. The first-order valence-electron chi connectivity index (χ1n) is 9.67. The summed E-state index contributed by atoms with van der Waals surface area (Å²) in [7, 11) is 1.63. The van der Waals surface area contributed by atoms with Crippen LogP contribution in [0.25, 0.3) is 0 Å². The van der Waals surface area contributed by atoms with Gasteiger partial charge in [-0.15, -0.1) is 0 Å². The van der Waals surface area contributed by atoms with Gasteiger partial charge in [0.2, 0.25) is 0 Å². The van der Waals surface area contributed by atoms with Gasteiger partial charge in [0.1, 0.15) is 12.8 Å². The van der Waals surface area contributed by atoms with Gasteiger partial charge in [-0.3, -0.25) is 9.36 Å². The molecule has 1 aromatic carbocycles. The molecule has 1 fully saturated rings. The van der Waals surface area contributed by atoms with Crippen molar-refractivity contribution >= 4 is 22.6 Å². The van der Waals surface area contributed by atoms with Crippen LogP contribution in [0.3, 0.4) is 0 Å². The Labute approximate surface area is 183 Å². The van der Waals surface area contributed by atoms with Crippen molar-refractivity contribution in [3.8, 4) is 0 Å². The lowest BCUT2D eigenvalue weighted by molar-refractivity contribution is -0.0887.